The van der Waals surface area contributed by atoms with Crippen LogP contribution in [0.1, 0.15) is 38.3 Å². The molecule has 0 spiro atoms. The highest BCUT2D eigenvalue weighted by atomic mass is 32.2. The molecule has 0 aromatic carbocycles. The minimum absolute atomic E-state index is 0.00253. The highest BCUT2D eigenvalue weighted by Gasteiger charge is 2.33. The van der Waals surface area contributed by atoms with Gasteiger partial charge in [-0.05, 0) is 51.8 Å². The van der Waals surface area contributed by atoms with Crippen LogP contribution in [0, 0.1) is 6.92 Å². The van der Waals surface area contributed by atoms with Gasteiger partial charge in [-0.1, -0.05) is 30.0 Å². The number of rotatable bonds is 7. The van der Waals surface area contributed by atoms with Crippen LogP contribution < -0.4 is 10.5 Å². The summed E-state index contributed by atoms with van der Waals surface area (Å²) < 4.78 is 13.3. The van der Waals surface area contributed by atoms with Gasteiger partial charge in [-0.2, -0.15) is 0 Å². The summed E-state index contributed by atoms with van der Waals surface area (Å²) in [6.07, 6.45) is 4.06. The van der Waals surface area contributed by atoms with Crippen molar-refractivity contribution in [3.8, 4) is 0 Å². The molecule has 0 N–H and O–H groups in total. The predicted octanol–water partition coefficient (Wildman–Crippen LogP) is 3.24. The fourth-order valence-corrected chi connectivity index (χ4v) is 5.60. The van der Waals surface area contributed by atoms with Crippen LogP contribution in [-0.4, -0.2) is 69.6 Å². The Morgan fingerprint density at radius 3 is 2.74 bits per heavy atom. The number of hydrogen-bond donors (Lipinski definition) is 0. The SMILES string of the molecule is CCOCCCN1C(=O)/C(=C/c2c(N3CC(C)OC(C)C3)nc3c(C)cccn3c2=O)SC1=S. The van der Waals surface area contributed by atoms with Crippen LogP contribution in [0.15, 0.2) is 28.0 Å². The minimum Gasteiger partial charge on any atom is -0.382 e. The number of aryl methyl sites for hydroxylation is 1. The maximum atomic E-state index is 13.6. The highest BCUT2D eigenvalue weighted by Crippen LogP contribution is 2.34. The topological polar surface area (TPSA) is 76.4 Å². The third-order valence-electron chi connectivity index (χ3n) is 5.81. The average molecular weight is 503 g/mol. The quantitative estimate of drug-likeness (QED) is 0.325. The van der Waals surface area contributed by atoms with Crippen LogP contribution in [0.25, 0.3) is 11.7 Å². The van der Waals surface area contributed by atoms with Gasteiger partial charge < -0.3 is 14.4 Å². The Hall–Kier alpha value is -2.27. The van der Waals surface area contributed by atoms with Crippen LogP contribution in [0.2, 0.25) is 0 Å². The monoisotopic (exact) mass is 502 g/mol. The molecule has 4 heterocycles. The van der Waals surface area contributed by atoms with Gasteiger partial charge in [0.05, 0.1) is 22.7 Å². The number of anilines is 1. The Bertz CT molecular complexity index is 1190. The number of amides is 1. The fourth-order valence-electron chi connectivity index (χ4n) is 4.31. The Morgan fingerprint density at radius 2 is 2.03 bits per heavy atom. The number of carbonyl (C=O) groups is 1. The normalized spacial score (nSPS) is 22.4. The lowest BCUT2D eigenvalue weighted by atomic mass is 10.1. The van der Waals surface area contributed by atoms with Crippen molar-refractivity contribution in [3.05, 3.63) is 44.7 Å². The number of fused-ring (bicyclic) bond motifs is 1. The van der Waals surface area contributed by atoms with Crippen LogP contribution in [0.4, 0.5) is 5.82 Å². The molecule has 2 aromatic rings. The predicted molar refractivity (Wildman–Crippen MR) is 139 cm³/mol. The first-order valence-corrected chi connectivity index (χ1v) is 12.8. The number of nitrogens with zero attached hydrogens (tertiary/aromatic N) is 4. The van der Waals surface area contributed by atoms with Crippen LogP contribution in [-0.2, 0) is 14.3 Å². The van der Waals surface area contributed by atoms with E-state index in [1.165, 1.54) is 11.8 Å². The molecule has 0 radical (unpaired) electrons. The van der Waals surface area contributed by atoms with Crippen molar-refractivity contribution in [3.63, 3.8) is 0 Å². The van der Waals surface area contributed by atoms with Gasteiger partial charge in [-0.25, -0.2) is 4.98 Å². The van der Waals surface area contributed by atoms with E-state index in [4.69, 9.17) is 26.7 Å². The number of pyridine rings is 1. The molecule has 0 bridgehead atoms. The van der Waals surface area contributed by atoms with E-state index < -0.39 is 0 Å². The first-order chi connectivity index (χ1) is 16.3. The van der Waals surface area contributed by atoms with Crippen molar-refractivity contribution in [2.45, 2.75) is 46.3 Å². The molecule has 34 heavy (non-hydrogen) atoms. The first kappa shape index (κ1) is 24.8. The zero-order valence-electron chi connectivity index (χ0n) is 19.9. The Morgan fingerprint density at radius 1 is 1.29 bits per heavy atom. The van der Waals surface area contributed by atoms with Crippen molar-refractivity contribution >= 4 is 51.7 Å². The van der Waals surface area contributed by atoms with Crippen LogP contribution >= 0.6 is 24.0 Å². The molecule has 1 amide bonds. The van der Waals surface area contributed by atoms with E-state index in [2.05, 4.69) is 4.90 Å². The number of morpholine rings is 1. The Labute approximate surface area is 208 Å². The van der Waals surface area contributed by atoms with Gasteiger partial charge in [0.1, 0.15) is 15.8 Å². The second kappa shape index (κ2) is 10.6. The maximum Gasteiger partial charge on any atom is 0.267 e. The minimum atomic E-state index is -0.211. The summed E-state index contributed by atoms with van der Waals surface area (Å²) in [5.41, 5.74) is 1.69. The fraction of sp³-hybridized carbons (Fsp3) is 0.500. The molecule has 2 fully saturated rings. The molecule has 2 atom stereocenters. The largest absolute Gasteiger partial charge is 0.382 e. The number of ether oxygens (including phenoxy) is 2. The van der Waals surface area contributed by atoms with Gasteiger partial charge in [0.2, 0.25) is 0 Å². The summed E-state index contributed by atoms with van der Waals surface area (Å²) >= 11 is 6.69. The van der Waals surface area contributed by atoms with Gasteiger partial charge in [-0.15, -0.1) is 0 Å². The molecule has 182 valence electrons. The van der Waals surface area contributed by atoms with Crippen molar-refractivity contribution < 1.29 is 14.3 Å². The lowest BCUT2D eigenvalue weighted by molar-refractivity contribution is -0.122. The Balaban J connectivity index is 1.76. The molecule has 10 heteroatoms. The van der Waals surface area contributed by atoms with E-state index >= 15 is 0 Å². The first-order valence-electron chi connectivity index (χ1n) is 11.6. The summed E-state index contributed by atoms with van der Waals surface area (Å²) in [6, 6.07) is 3.76. The van der Waals surface area contributed by atoms with E-state index in [0.29, 0.717) is 65.5 Å². The second-order valence-electron chi connectivity index (χ2n) is 8.59. The Kier molecular flexibility index (Phi) is 7.71. The number of aromatic nitrogens is 2. The average Bonchev–Trinajstić information content (AvgIpc) is 3.05. The lowest BCUT2D eigenvalue weighted by Gasteiger charge is -2.36. The smallest absolute Gasteiger partial charge is 0.267 e. The zero-order valence-corrected chi connectivity index (χ0v) is 21.6. The molecule has 2 unspecified atom stereocenters. The molecular formula is C24H30N4O4S2. The van der Waals surface area contributed by atoms with E-state index in [1.807, 2.05) is 39.8 Å². The summed E-state index contributed by atoms with van der Waals surface area (Å²) in [4.78, 5) is 35.8. The van der Waals surface area contributed by atoms with Crippen molar-refractivity contribution in [2.24, 2.45) is 0 Å². The number of thioether (sulfide) groups is 1. The summed E-state index contributed by atoms with van der Waals surface area (Å²) in [6.45, 7) is 10.8. The molecule has 0 aliphatic carbocycles. The summed E-state index contributed by atoms with van der Waals surface area (Å²) in [7, 11) is 0. The molecule has 8 nitrogen and oxygen atoms in total. The standard InChI is InChI=1S/C24H30N4O4S2/c1-5-31-11-7-10-28-23(30)19(34-24(28)33)12-18-21(26-13-16(3)32-17(4)14-26)25-20-15(2)8-6-9-27(20)22(18)29/h6,8-9,12,16-17H,5,7,10-11,13-14H2,1-4H3/b19-12-. The maximum absolute atomic E-state index is 13.6. The summed E-state index contributed by atoms with van der Waals surface area (Å²) in [5, 5.41) is 0. The zero-order chi connectivity index (χ0) is 24.4. The molecule has 4 rings (SSSR count). The van der Waals surface area contributed by atoms with Gasteiger partial charge in [0, 0.05) is 39.0 Å². The van der Waals surface area contributed by atoms with Crippen molar-refractivity contribution in [1.29, 1.82) is 0 Å². The van der Waals surface area contributed by atoms with Gasteiger partial charge >= 0.3 is 0 Å². The van der Waals surface area contributed by atoms with Crippen molar-refractivity contribution in [2.75, 3.05) is 37.7 Å². The third kappa shape index (κ3) is 5.05. The molecular weight excluding hydrogens is 472 g/mol. The van der Waals surface area contributed by atoms with Gasteiger partial charge in [-0.3, -0.25) is 18.9 Å². The summed E-state index contributed by atoms with van der Waals surface area (Å²) in [5.74, 6) is 0.387. The lowest BCUT2D eigenvalue weighted by Crippen LogP contribution is -2.46. The van der Waals surface area contributed by atoms with Crippen LogP contribution in [0.3, 0.4) is 0 Å². The third-order valence-corrected chi connectivity index (χ3v) is 7.18. The molecule has 2 aliphatic rings. The second-order valence-corrected chi connectivity index (χ2v) is 10.3. The molecule has 2 saturated heterocycles. The molecule has 2 aliphatic heterocycles. The van der Waals surface area contributed by atoms with E-state index in [0.717, 1.165) is 5.56 Å². The van der Waals surface area contributed by atoms with E-state index in [1.54, 1.807) is 21.6 Å². The van der Waals surface area contributed by atoms with Crippen LogP contribution in [0.5, 0.6) is 0 Å². The molecule has 0 saturated carbocycles. The highest BCUT2D eigenvalue weighted by molar-refractivity contribution is 8.26. The number of hydrogen-bond acceptors (Lipinski definition) is 8. The van der Waals surface area contributed by atoms with E-state index in [-0.39, 0.29) is 23.7 Å². The van der Waals surface area contributed by atoms with Gasteiger partial charge in [0.15, 0.2) is 0 Å². The van der Waals surface area contributed by atoms with E-state index in [9.17, 15) is 9.59 Å². The van der Waals surface area contributed by atoms with Gasteiger partial charge in [0.25, 0.3) is 11.5 Å². The molecule has 2 aromatic heterocycles. The number of thiocarbonyl (C=S) groups is 1. The van der Waals surface area contributed by atoms with Crippen molar-refractivity contribution in [1.82, 2.24) is 14.3 Å². The number of carbonyl (C=O) groups excluding carboxylic acids is 1.